The molecule has 0 unspecified atom stereocenters. The maximum atomic E-state index is 4.40. The highest BCUT2D eigenvalue weighted by Gasteiger charge is 2.08. The van der Waals surface area contributed by atoms with E-state index < -0.39 is 0 Å². The molecular weight excluding hydrogens is 236 g/mol. The molecule has 0 spiro atoms. The first kappa shape index (κ1) is 12.0. The zero-order chi connectivity index (χ0) is 12.3. The van der Waals surface area contributed by atoms with Gasteiger partial charge in [0.2, 0.25) is 5.13 Å². The highest BCUT2D eigenvalue weighted by Crippen LogP contribution is 2.17. The third-order valence-electron chi connectivity index (χ3n) is 2.39. The van der Waals surface area contributed by atoms with Gasteiger partial charge in [0, 0.05) is 24.0 Å². The lowest BCUT2D eigenvalue weighted by molar-refractivity contribution is 0.707. The van der Waals surface area contributed by atoms with Gasteiger partial charge in [-0.05, 0) is 6.92 Å². The molecule has 0 aromatic carbocycles. The van der Waals surface area contributed by atoms with Gasteiger partial charge in [-0.15, -0.1) is 10.2 Å². The molecule has 17 heavy (non-hydrogen) atoms. The summed E-state index contributed by atoms with van der Waals surface area (Å²) < 4.78 is 6.28. The van der Waals surface area contributed by atoms with Gasteiger partial charge >= 0.3 is 0 Å². The highest BCUT2D eigenvalue weighted by atomic mass is 32.1. The second-order valence-corrected chi connectivity index (χ2v) is 4.75. The Labute approximate surface area is 104 Å². The first-order chi connectivity index (χ1) is 8.20. The maximum Gasteiger partial charge on any atom is 0.202 e. The lowest BCUT2D eigenvalue weighted by atomic mass is 10.2. The van der Waals surface area contributed by atoms with E-state index >= 15 is 0 Å². The van der Waals surface area contributed by atoms with E-state index in [2.05, 4.69) is 45.6 Å². The summed E-state index contributed by atoms with van der Waals surface area (Å²) in [5.41, 5.74) is 0. The Balaban J connectivity index is 1.97. The SMILES string of the molecule is CCn1cnnc1CNc1nc(C(C)C)ns1. The number of anilines is 1. The molecule has 92 valence electrons. The minimum Gasteiger partial charge on any atom is -0.353 e. The van der Waals surface area contributed by atoms with Crippen LogP contribution < -0.4 is 5.32 Å². The second-order valence-electron chi connectivity index (χ2n) is 4.00. The Morgan fingerprint density at radius 3 is 2.94 bits per heavy atom. The van der Waals surface area contributed by atoms with Crippen molar-refractivity contribution in [3.05, 3.63) is 18.0 Å². The minimum atomic E-state index is 0.362. The predicted molar refractivity (Wildman–Crippen MR) is 67.0 cm³/mol. The van der Waals surface area contributed by atoms with Crippen molar-refractivity contribution in [2.45, 2.75) is 39.8 Å². The molecule has 6 nitrogen and oxygen atoms in total. The van der Waals surface area contributed by atoms with Gasteiger partial charge < -0.3 is 9.88 Å². The Morgan fingerprint density at radius 1 is 1.47 bits per heavy atom. The van der Waals surface area contributed by atoms with Crippen molar-refractivity contribution in [1.29, 1.82) is 0 Å². The average Bonchev–Trinajstić information content (AvgIpc) is 2.95. The van der Waals surface area contributed by atoms with Crippen LogP contribution in [-0.4, -0.2) is 24.1 Å². The lowest BCUT2D eigenvalue weighted by Crippen LogP contribution is -2.07. The minimum absolute atomic E-state index is 0.362. The van der Waals surface area contributed by atoms with Gasteiger partial charge in [0.05, 0.1) is 6.54 Å². The van der Waals surface area contributed by atoms with Crippen LogP contribution in [-0.2, 0) is 13.1 Å². The molecule has 2 heterocycles. The van der Waals surface area contributed by atoms with Gasteiger partial charge in [-0.3, -0.25) is 0 Å². The molecule has 0 aliphatic rings. The number of nitrogens with zero attached hydrogens (tertiary/aromatic N) is 5. The van der Waals surface area contributed by atoms with Crippen LogP contribution in [0.5, 0.6) is 0 Å². The Morgan fingerprint density at radius 2 is 2.29 bits per heavy atom. The highest BCUT2D eigenvalue weighted by molar-refractivity contribution is 7.09. The number of hydrogen-bond acceptors (Lipinski definition) is 6. The molecule has 2 aromatic heterocycles. The van der Waals surface area contributed by atoms with Crippen LogP contribution in [0.15, 0.2) is 6.33 Å². The summed E-state index contributed by atoms with van der Waals surface area (Å²) in [6.45, 7) is 7.73. The van der Waals surface area contributed by atoms with Crippen LogP contribution in [0.1, 0.15) is 38.3 Å². The summed E-state index contributed by atoms with van der Waals surface area (Å²) in [6.07, 6.45) is 1.73. The van der Waals surface area contributed by atoms with Crippen molar-refractivity contribution < 1.29 is 0 Å². The molecule has 0 aliphatic carbocycles. The van der Waals surface area contributed by atoms with Crippen LogP contribution in [0.4, 0.5) is 5.13 Å². The number of rotatable bonds is 5. The topological polar surface area (TPSA) is 68.5 Å². The molecule has 1 N–H and O–H groups in total. The van der Waals surface area contributed by atoms with Crippen molar-refractivity contribution in [2.24, 2.45) is 0 Å². The van der Waals surface area contributed by atoms with Crippen LogP contribution in [0.2, 0.25) is 0 Å². The third kappa shape index (κ3) is 2.79. The van der Waals surface area contributed by atoms with E-state index in [1.165, 1.54) is 11.5 Å². The van der Waals surface area contributed by atoms with Gasteiger partial charge in [-0.1, -0.05) is 13.8 Å². The van der Waals surface area contributed by atoms with Crippen LogP contribution in [0, 0.1) is 0 Å². The summed E-state index contributed by atoms with van der Waals surface area (Å²) in [4.78, 5) is 4.40. The molecule has 0 amide bonds. The van der Waals surface area contributed by atoms with Crippen molar-refractivity contribution in [3.8, 4) is 0 Å². The van der Waals surface area contributed by atoms with E-state index in [1.807, 2.05) is 4.57 Å². The quantitative estimate of drug-likeness (QED) is 0.880. The molecule has 0 saturated carbocycles. The normalized spacial score (nSPS) is 11.1. The standard InChI is InChI=1S/C10H16N6S/c1-4-16-6-12-14-8(16)5-11-10-13-9(7(2)3)15-17-10/h6-7H,4-5H2,1-3H3,(H,11,13,15). The van der Waals surface area contributed by atoms with Crippen molar-refractivity contribution >= 4 is 16.7 Å². The first-order valence-electron chi connectivity index (χ1n) is 5.64. The number of aromatic nitrogens is 5. The van der Waals surface area contributed by atoms with Crippen LogP contribution in [0.25, 0.3) is 0 Å². The summed E-state index contributed by atoms with van der Waals surface area (Å²) in [6, 6.07) is 0. The predicted octanol–water partition coefficient (Wildman–Crippen LogP) is 1.89. The number of hydrogen-bond donors (Lipinski definition) is 1. The molecule has 7 heteroatoms. The molecule has 0 radical (unpaired) electrons. The molecular formula is C10H16N6S. The Kier molecular flexibility index (Phi) is 3.68. The smallest absolute Gasteiger partial charge is 0.202 e. The average molecular weight is 252 g/mol. The third-order valence-corrected chi connectivity index (χ3v) is 3.08. The summed E-state index contributed by atoms with van der Waals surface area (Å²) in [5, 5.41) is 12.0. The lowest BCUT2D eigenvalue weighted by Gasteiger charge is -2.03. The fourth-order valence-electron chi connectivity index (χ4n) is 1.38. The van der Waals surface area contributed by atoms with E-state index in [1.54, 1.807) is 6.33 Å². The molecule has 0 aliphatic heterocycles. The van der Waals surface area contributed by atoms with E-state index in [0.717, 1.165) is 23.3 Å². The summed E-state index contributed by atoms with van der Waals surface area (Å²) in [5.74, 6) is 2.16. The molecule has 2 aromatic rings. The zero-order valence-corrected chi connectivity index (χ0v) is 11.0. The van der Waals surface area contributed by atoms with E-state index in [0.29, 0.717) is 12.5 Å². The van der Waals surface area contributed by atoms with Gasteiger partial charge in [-0.25, -0.2) is 4.98 Å². The van der Waals surface area contributed by atoms with Crippen LogP contribution >= 0.6 is 11.5 Å². The van der Waals surface area contributed by atoms with Crippen LogP contribution in [0.3, 0.4) is 0 Å². The van der Waals surface area contributed by atoms with E-state index in [4.69, 9.17) is 0 Å². The molecule has 0 fully saturated rings. The van der Waals surface area contributed by atoms with Gasteiger partial charge in [-0.2, -0.15) is 4.37 Å². The molecule has 0 atom stereocenters. The first-order valence-corrected chi connectivity index (χ1v) is 6.42. The summed E-state index contributed by atoms with van der Waals surface area (Å²) in [7, 11) is 0. The fourth-order valence-corrected chi connectivity index (χ4v) is 2.08. The Hall–Kier alpha value is -1.50. The van der Waals surface area contributed by atoms with E-state index in [9.17, 15) is 0 Å². The monoisotopic (exact) mass is 252 g/mol. The van der Waals surface area contributed by atoms with E-state index in [-0.39, 0.29) is 0 Å². The van der Waals surface area contributed by atoms with Gasteiger partial charge in [0.15, 0.2) is 5.82 Å². The largest absolute Gasteiger partial charge is 0.353 e. The fraction of sp³-hybridized carbons (Fsp3) is 0.600. The zero-order valence-electron chi connectivity index (χ0n) is 10.2. The van der Waals surface area contributed by atoms with Crippen molar-refractivity contribution in [3.63, 3.8) is 0 Å². The van der Waals surface area contributed by atoms with Crippen molar-refractivity contribution in [1.82, 2.24) is 24.1 Å². The molecule has 0 saturated heterocycles. The number of nitrogens with one attached hydrogen (secondary N) is 1. The number of aryl methyl sites for hydroxylation is 1. The van der Waals surface area contributed by atoms with Gasteiger partial charge in [0.1, 0.15) is 12.2 Å². The van der Waals surface area contributed by atoms with Crippen molar-refractivity contribution in [2.75, 3.05) is 5.32 Å². The Bertz CT molecular complexity index is 475. The molecule has 2 rings (SSSR count). The molecule has 0 bridgehead atoms. The van der Waals surface area contributed by atoms with Gasteiger partial charge in [0.25, 0.3) is 0 Å². The summed E-state index contributed by atoms with van der Waals surface area (Å²) >= 11 is 1.38. The second kappa shape index (κ2) is 5.22. The maximum absolute atomic E-state index is 4.40.